The van der Waals surface area contributed by atoms with Gasteiger partial charge in [-0.2, -0.15) is 0 Å². The fraction of sp³-hybridized carbons (Fsp3) is 0.633. The second-order valence-corrected chi connectivity index (χ2v) is 9.69. The number of phenolic OH excluding ortho intramolecular Hbond substituents is 1. The minimum absolute atomic E-state index is 0.149. The molecule has 4 nitrogen and oxygen atoms in total. The largest absolute Gasteiger partial charge is 0.508 e. The van der Waals surface area contributed by atoms with E-state index in [1.165, 1.54) is 83.5 Å². The summed E-state index contributed by atoms with van der Waals surface area (Å²) in [7, 11) is 0. The van der Waals surface area contributed by atoms with Gasteiger partial charge in [0.05, 0.1) is 0 Å². The number of carbonyl (C=O) groups is 1. The third-order valence-electron chi connectivity index (χ3n) is 6.63. The Morgan fingerprint density at radius 1 is 0.882 bits per heavy atom. The Morgan fingerprint density at radius 3 is 2.18 bits per heavy atom. The fourth-order valence-corrected chi connectivity index (χ4v) is 4.51. The van der Waals surface area contributed by atoms with Gasteiger partial charge >= 0.3 is 0 Å². The molecule has 34 heavy (non-hydrogen) atoms. The summed E-state index contributed by atoms with van der Waals surface area (Å²) >= 11 is 0. The van der Waals surface area contributed by atoms with Crippen molar-refractivity contribution in [3.8, 4) is 5.75 Å². The SMILES string of the molecule is CCCCCCCCC=CCCCCCCCCCC(=O)NCCc1c[nH]c2ccc(O)cc12. The molecule has 1 aromatic carbocycles. The number of unbranched alkanes of at least 4 members (excludes halogenated alkanes) is 13. The monoisotopic (exact) mass is 468 g/mol. The highest BCUT2D eigenvalue weighted by Crippen LogP contribution is 2.23. The first-order chi connectivity index (χ1) is 16.7. The molecule has 1 heterocycles. The minimum Gasteiger partial charge on any atom is -0.508 e. The van der Waals surface area contributed by atoms with Gasteiger partial charge in [-0.25, -0.2) is 0 Å². The summed E-state index contributed by atoms with van der Waals surface area (Å²) in [5.41, 5.74) is 2.14. The fourth-order valence-electron chi connectivity index (χ4n) is 4.51. The van der Waals surface area contributed by atoms with Crippen LogP contribution in [0.15, 0.2) is 36.5 Å². The van der Waals surface area contributed by atoms with E-state index in [0.717, 1.165) is 35.7 Å². The zero-order valence-corrected chi connectivity index (χ0v) is 21.5. The second kappa shape index (κ2) is 18.1. The van der Waals surface area contributed by atoms with Gasteiger partial charge in [0.25, 0.3) is 0 Å². The van der Waals surface area contributed by atoms with Crippen LogP contribution in [0.3, 0.4) is 0 Å². The van der Waals surface area contributed by atoms with Crippen molar-refractivity contribution in [1.29, 1.82) is 0 Å². The van der Waals surface area contributed by atoms with Gasteiger partial charge in [-0.15, -0.1) is 0 Å². The van der Waals surface area contributed by atoms with Gasteiger partial charge in [-0.1, -0.05) is 83.3 Å². The summed E-state index contributed by atoms with van der Waals surface area (Å²) in [6.45, 7) is 2.91. The first-order valence-electron chi connectivity index (χ1n) is 13.9. The number of phenols is 1. The van der Waals surface area contributed by atoms with Crippen LogP contribution >= 0.6 is 0 Å². The van der Waals surface area contributed by atoms with Crippen LogP contribution in [-0.4, -0.2) is 22.5 Å². The molecule has 0 bridgehead atoms. The van der Waals surface area contributed by atoms with Crippen molar-refractivity contribution in [1.82, 2.24) is 10.3 Å². The van der Waals surface area contributed by atoms with Gasteiger partial charge in [0.2, 0.25) is 5.91 Å². The van der Waals surface area contributed by atoms with Crippen molar-refractivity contribution in [2.75, 3.05) is 6.54 Å². The number of fused-ring (bicyclic) bond motifs is 1. The first kappa shape index (κ1) is 28.0. The zero-order valence-electron chi connectivity index (χ0n) is 21.5. The Bertz CT molecular complexity index is 824. The number of carbonyl (C=O) groups excluding carboxylic acids is 1. The summed E-state index contributed by atoms with van der Waals surface area (Å²) in [6, 6.07) is 5.33. The molecule has 4 heteroatoms. The van der Waals surface area contributed by atoms with E-state index < -0.39 is 0 Å². The van der Waals surface area contributed by atoms with Crippen LogP contribution in [0.1, 0.15) is 115 Å². The van der Waals surface area contributed by atoms with Crippen molar-refractivity contribution in [2.24, 2.45) is 0 Å². The molecule has 0 spiro atoms. The number of hydrogen-bond acceptors (Lipinski definition) is 2. The number of hydrogen-bond donors (Lipinski definition) is 3. The van der Waals surface area contributed by atoms with Gasteiger partial charge in [-0.3, -0.25) is 4.79 Å². The van der Waals surface area contributed by atoms with Crippen LogP contribution in [-0.2, 0) is 11.2 Å². The van der Waals surface area contributed by atoms with Crippen LogP contribution in [0.2, 0.25) is 0 Å². The van der Waals surface area contributed by atoms with E-state index in [9.17, 15) is 9.90 Å². The van der Waals surface area contributed by atoms with Gasteiger partial charge < -0.3 is 15.4 Å². The molecule has 0 saturated carbocycles. The zero-order chi connectivity index (χ0) is 24.3. The number of nitrogens with one attached hydrogen (secondary N) is 2. The molecule has 2 rings (SSSR count). The molecule has 0 fully saturated rings. The van der Waals surface area contributed by atoms with Gasteiger partial charge in [-0.05, 0) is 62.3 Å². The van der Waals surface area contributed by atoms with Crippen molar-refractivity contribution in [3.63, 3.8) is 0 Å². The Morgan fingerprint density at radius 2 is 1.50 bits per heavy atom. The summed E-state index contributed by atoms with van der Waals surface area (Å²) in [5.74, 6) is 0.420. The Balaban J connectivity index is 1.36. The lowest BCUT2D eigenvalue weighted by molar-refractivity contribution is -0.121. The smallest absolute Gasteiger partial charge is 0.220 e. The Hall–Kier alpha value is -2.23. The summed E-state index contributed by atoms with van der Waals surface area (Å²) in [4.78, 5) is 15.3. The van der Waals surface area contributed by atoms with Crippen LogP contribution in [0, 0.1) is 0 Å². The van der Waals surface area contributed by atoms with E-state index >= 15 is 0 Å². The second-order valence-electron chi connectivity index (χ2n) is 9.69. The van der Waals surface area contributed by atoms with Crippen molar-refractivity contribution in [3.05, 3.63) is 42.1 Å². The van der Waals surface area contributed by atoms with Gasteiger partial charge in [0, 0.05) is 30.1 Å². The highest BCUT2D eigenvalue weighted by atomic mass is 16.3. The van der Waals surface area contributed by atoms with Crippen molar-refractivity contribution in [2.45, 2.75) is 116 Å². The van der Waals surface area contributed by atoms with Crippen LogP contribution in [0.25, 0.3) is 10.9 Å². The van der Waals surface area contributed by atoms with E-state index in [4.69, 9.17) is 0 Å². The quantitative estimate of drug-likeness (QED) is 0.135. The van der Waals surface area contributed by atoms with Gasteiger partial charge in [0.15, 0.2) is 0 Å². The summed E-state index contributed by atoms with van der Waals surface area (Å²) < 4.78 is 0. The normalized spacial score (nSPS) is 11.6. The molecule has 0 unspecified atom stereocenters. The predicted molar refractivity (Wildman–Crippen MR) is 145 cm³/mol. The number of allylic oxidation sites excluding steroid dienone is 2. The number of H-pyrrole nitrogens is 1. The molecule has 2 aromatic rings. The third kappa shape index (κ3) is 12.3. The Kier molecular flexibility index (Phi) is 14.9. The number of aromatic amines is 1. The molecular weight excluding hydrogens is 420 g/mol. The maximum Gasteiger partial charge on any atom is 0.220 e. The molecule has 1 aromatic heterocycles. The lowest BCUT2D eigenvalue weighted by Gasteiger charge is -2.05. The molecule has 190 valence electrons. The van der Waals surface area contributed by atoms with Crippen LogP contribution < -0.4 is 5.32 Å². The molecule has 0 radical (unpaired) electrons. The van der Waals surface area contributed by atoms with Gasteiger partial charge in [0.1, 0.15) is 5.75 Å². The topological polar surface area (TPSA) is 65.1 Å². The van der Waals surface area contributed by atoms with E-state index in [1.807, 2.05) is 12.3 Å². The highest BCUT2D eigenvalue weighted by Gasteiger charge is 2.06. The molecule has 0 aliphatic carbocycles. The average Bonchev–Trinajstić information content (AvgIpc) is 3.23. The average molecular weight is 469 g/mol. The number of aromatic nitrogens is 1. The lowest BCUT2D eigenvalue weighted by Crippen LogP contribution is -2.25. The maximum absolute atomic E-state index is 12.1. The standard InChI is InChI=1S/C30H48N2O2/c1-2-3-4-5-6-7-8-9-10-11-12-13-14-15-16-17-18-19-30(34)31-23-22-26-25-32-29-21-20-27(33)24-28(26)29/h9-10,20-21,24-25,32-33H,2-8,11-19,22-23H2,1H3,(H,31,34). The third-order valence-corrected chi connectivity index (χ3v) is 6.63. The molecular formula is C30H48N2O2. The molecule has 0 atom stereocenters. The van der Waals surface area contributed by atoms with E-state index in [-0.39, 0.29) is 11.7 Å². The van der Waals surface area contributed by atoms with E-state index in [2.05, 4.69) is 29.4 Å². The number of rotatable bonds is 20. The highest BCUT2D eigenvalue weighted by molar-refractivity contribution is 5.84. The first-order valence-corrected chi connectivity index (χ1v) is 13.9. The van der Waals surface area contributed by atoms with E-state index in [1.54, 1.807) is 12.1 Å². The van der Waals surface area contributed by atoms with Crippen LogP contribution in [0.5, 0.6) is 5.75 Å². The molecule has 3 N–H and O–H groups in total. The number of aromatic hydroxyl groups is 1. The predicted octanol–water partition coefficient (Wildman–Crippen LogP) is 8.35. The maximum atomic E-state index is 12.1. The Labute approximate surface area is 207 Å². The van der Waals surface area contributed by atoms with E-state index in [0.29, 0.717) is 13.0 Å². The van der Waals surface area contributed by atoms with Crippen molar-refractivity contribution >= 4 is 16.8 Å². The summed E-state index contributed by atoms with van der Waals surface area (Å²) in [5, 5.41) is 13.7. The molecule has 1 amide bonds. The van der Waals surface area contributed by atoms with Crippen LogP contribution in [0.4, 0.5) is 0 Å². The lowest BCUT2D eigenvalue weighted by atomic mass is 10.1. The molecule has 0 aliphatic heterocycles. The minimum atomic E-state index is 0.149. The van der Waals surface area contributed by atoms with Crippen molar-refractivity contribution < 1.29 is 9.90 Å². The number of benzene rings is 1. The summed E-state index contributed by atoms with van der Waals surface area (Å²) in [6.07, 6.45) is 27.5. The number of amides is 1. The molecule has 0 aliphatic rings. The molecule has 0 saturated heterocycles.